The van der Waals surface area contributed by atoms with E-state index in [4.69, 9.17) is 0 Å². The number of hydrogen-bond donors (Lipinski definition) is 1. The molecule has 0 aliphatic heterocycles. The highest BCUT2D eigenvalue weighted by molar-refractivity contribution is 7.98. The summed E-state index contributed by atoms with van der Waals surface area (Å²) in [6.45, 7) is -0.152. The molecule has 0 unspecified atom stereocenters. The van der Waals surface area contributed by atoms with Gasteiger partial charge in [-0.3, -0.25) is 9.59 Å². The molecule has 25 heavy (non-hydrogen) atoms. The molecule has 0 aliphatic carbocycles. The highest BCUT2D eigenvalue weighted by Crippen LogP contribution is 2.26. The molecule has 2 aromatic heterocycles. The molecule has 3 rings (SSSR count). The molecule has 128 valence electrons. The maximum Gasteiger partial charge on any atom is 0.325 e. The molecule has 1 N–H and O–H groups in total. The predicted octanol–water partition coefficient (Wildman–Crippen LogP) is 2.53. The lowest BCUT2D eigenvalue weighted by Crippen LogP contribution is -2.30. The first kappa shape index (κ1) is 17.0. The smallest absolute Gasteiger partial charge is 0.325 e. The Morgan fingerprint density at radius 2 is 2.00 bits per heavy atom. The Labute approximate surface area is 149 Å². The van der Waals surface area contributed by atoms with E-state index >= 15 is 0 Å². The molecule has 0 atom stereocenters. The number of aromatic nitrogens is 2. The van der Waals surface area contributed by atoms with Gasteiger partial charge >= 0.3 is 5.97 Å². The molecule has 6 nitrogen and oxygen atoms in total. The van der Waals surface area contributed by atoms with Gasteiger partial charge in [0.15, 0.2) is 0 Å². The van der Waals surface area contributed by atoms with Gasteiger partial charge in [-0.15, -0.1) is 11.8 Å². The number of rotatable bonds is 6. The number of esters is 1. The zero-order chi connectivity index (χ0) is 17.6. The molecule has 0 radical (unpaired) electrons. The van der Waals surface area contributed by atoms with E-state index in [1.54, 1.807) is 12.1 Å². The third-order valence-electron chi connectivity index (χ3n) is 3.54. The number of benzene rings is 1. The van der Waals surface area contributed by atoms with Gasteiger partial charge in [-0.25, -0.2) is 4.98 Å². The minimum atomic E-state index is -0.483. The molecule has 0 saturated carbocycles. The summed E-state index contributed by atoms with van der Waals surface area (Å²) in [5.41, 5.74) is 2.35. The number of imidazole rings is 1. The summed E-state index contributed by atoms with van der Waals surface area (Å²) in [6, 6.07) is 13.1. The first-order valence-electron chi connectivity index (χ1n) is 7.67. The third-order valence-corrected chi connectivity index (χ3v) is 4.65. The van der Waals surface area contributed by atoms with Gasteiger partial charge in [0.25, 0.3) is 5.91 Å². The van der Waals surface area contributed by atoms with E-state index in [-0.39, 0.29) is 12.5 Å². The van der Waals surface area contributed by atoms with E-state index in [0.717, 1.165) is 16.2 Å². The number of pyridine rings is 1. The summed E-state index contributed by atoms with van der Waals surface area (Å²) in [7, 11) is 1.28. The zero-order valence-corrected chi connectivity index (χ0v) is 14.5. The van der Waals surface area contributed by atoms with Gasteiger partial charge in [0.2, 0.25) is 0 Å². The number of fused-ring (bicyclic) bond motifs is 1. The largest absolute Gasteiger partial charge is 0.468 e. The lowest BCUT2D eigenvalue weighted by Gasteiger charge is -2.08. The minimum absolute atomic E-state index is 0.152. The van der Waals surface area contributed by atoms with Gasteiger partial charge in [-0.1, -0.05) is 18.2 Å². The van der Waals surface area contributed by atoms with Crippen molar-refractivity contribution in [3.05, 3.63) is 66.1 Å². The van der Waals surface area contributed by atoms with Crippen molar-refractivity contribution in [2.75, 3.05) is 13.7 Å². The van der Waals surface area contributed by atoms with Gasteiger partial charge in [0.1, 0.15) is 12.2 Å². The molecule has 0 bridgehead atoms. The van der Waals surface area contributed by atoms with Gasteiger partial charge in [-0.05, 0) is 24.3 Å². The fraction of sp³-hybridized carbons (Fsp3) is 0.167. The van der Waals surface area contributed by atoms with Crippen molar-refractivity contribution in [2.45, 2.75) is 10.6 Å². The van der Waals surface area contributed by atoms with Gasteiger partial charge < -0.3 is 14.5 Å². The van der Waals surface area contributed by atoms with Crippen LogP contribution in [0, 0.1) is 0 Å². The Hall–Kier alpha value is -2.80. The topological polar surface area (TPSA) is 72.7 Å². The average Bonchev–Trinajstić information content (AvgIpc) is 3.07. The van der Waals surface area contributed by atoms with Crippen molar-refractivity contribution >= 4 is 29.3 Å². The van der Waals surface area contributed by atoms with Crippen LogP contribution in [0.2, 0.25) is 0 Å². The molecular formula is C18H17N3O3S. The van der Waals surface area contributed by atoms with Crippen LogP contribution >= 0.6 is 11.8 Å². The number of nitrogens with one attached hydrogen (secondary N) is 1. The monoisotopic (exact) mass is 355 g/mol. The molecule has 0 saturated heterocycles. The van der Waals surface area contributed by atoms with Crippen molar-refractivity contribution in [3.63, 3.8) is 0 Å². The number of carbonyl (C=O) groups excluding carboxylic acids is 2. The standard InChI is InChI=1S/C18H17N3O3S/c1-24-17(22)10-19-18(23)14-6-2-3-7-15(14)25-12-13-11-21-9-5-4-8-16(21)20-13/h2-9,11H,10,12H2,1H3,(H,19,23). The van der Waals surface area contributed by atoms with Crippen LogP contribution in [0.25, 0.3) is 5.65 Å². The Bertz CT molecular complexity index is 874. The quantitative estimate of drug-likeness (QED) is 0.543. The van der Waals surface area contributed by atoms with Crippen LogP contribution in [-0.4, -0.2) is 34.9 Å². The van der Waals surface area contributed by atoms with Crippen LogP contribution in [0.4, 0.5) is 0 Å². The summed E-state index contributed by atoms with van der Waals surface area (Å²) in [5, 5.41) is 2.56. The highest BCUT2D eigenvalue weighted by atomic mass is 32.2. The molecule has 1 aromatic carbocycles. The molecule has 0 fully saturated rings. The van der Waals surface area contributed by atoms with E-state index in [1.807, 2.05) is 47.1 Å². The van der Waals surface area contributed by atoms with E-state index < -0.39 is 5.97 Å². The number of hydrogen-bond acceptors (Lipinski definition) is 5. The number of amides is 1. The lowest BCUT2D eigenvalue weighted by molar-refractivity contribution is -0.139. The first-order chi connectivity index (χ1) is 12.2. The second-order valence-electron chi connectivity index (χ2n) is 5.24. The second-order valence-corrected chi connectivity index (χ2v) is 6.26. The first-order valence-corrected chi connectivity index (χ1v) is 8.65. The highest BCUT2D eigenvalue weighted by Gasteiger charge is 2.13. The molecule has 2 heterocycles. The predicted molar refractivity (Wildman–Crippen MR) is 95.5 cm³/mol. The van der Waals surface area contributed by atoms with Crippen LogP contribution in [0.15, 0.2) is 59.8 Å². The molecule has 0 spiro atoms. The van der Waals surface area contributed by atoms with Crippen molar-refractivity contribution in [3.8, 4) is 0 Å². The normalized spacial score (nSPS) is 10.6. The van der Waals surface area contributed by atoms with Gasteiger partial charge in [-0.2, -0.15) is 0 Å². The molecular weight excluding hydrogens is 338 g/mol. The second kappa shape index (κ2) is 7.85. The van der Waals surface area contributed by atoms with Crippen molar-refractivity contribution in [1.82, 2.24) is 14.7 Å². The number of ether oxygens (including phenoxy) is 1. The fourth-order valence-electron chi connectivity index (χ4n) is 2.31. The van der Waals surface area contributed by atoms with Crippen LogP contribution < -0.4 is 5.32 Å². The van der Waals surface area contributed by atoms with E-state index in [2.05, 4.69) is 15.0 Å². The zero-order valence-electron chi connectivity index (χ0n) is 13.6. The Morgan fingerprint density at radius 1 is 1.20 bits per heavy atom. The summed E-state index contributed by atoms with van der Waals surface area (Å²) in [6.07, 6.45) is 3.92. The van der Waals surface area contributed by atoms with E-state index in [0.29, 0.717) is 11.3 Å². The lowest BCUT2D eigenvalue weighted by atomic mass is 10.2. The minimum Gasteiger partial charge on any atom is -0.468 e. The molecule has 3 aromatic rings. The number of methoxy groups -OCH3 is 1. The molecule has 0 aliphatic rings. The van der Waals surface area contributed by atoms with Crippen LogP contribution in [0.5, 0.6) is 0 Å². The maximum absolute atomic E-state index is 12.3. The Kier molecular flexibility index (Phi) is 5.35. The maximum atomic E-state index is 12.3. The summed E-state index contributed by atoms with van der Waals surface area (Å²) >= 11 is 1.53. The number of nitrogens with zero attached hydrogens (tertiary/aromatic N) is 2. The van der Waals surface area contributed by atoms with Crippen molar-refractivity contribution in [2.24, 2.45) is 0 Å². The van der Waals surface area contributed by atoms with Crippen LogP contribution in [0.1, 0.15) is 16.1 Å². The van der Waals surface area contributed by atoms with E-state index in [1.165, 1.54) is 18.9 Å². The summed E-state index contributed by atoms with van der Waals surface area (Å²) in [4.78, 5) is 28.9. The van der Waals surface area contributed by atoms with Crippen molar-refractivity contribution < 1.29 is 14.3 Å². The van der Waals surface area contributed by atoms with Crippen molar-refractivity contribution in [1.29, 1.82) is 0 Å². The number of thioether (sulfide) groups is 1. The third kappa shape index (κ3) is 4.19. The summed E-state index contributed by atoms with van der Waals surface area (Å²) in [5.74, 6) is -0.144. The van der Waals surface area contributed by atoms with Gasteiger partial charge in [0, 0.05) is 23.0 Å². The number of carbonyl (C=O) groups is 2. The van der Waals surface area contributed by atoms with E-state index in [9.17, 15) is 9.59 Å². The summed E-state index contributed by atoms with van der Waals surface area (Å²) < 4.78 is 6.49. The Balaban J connectivity index is 1.70. The molecule has 1 amide bonds. The van der Waals surface area contributed by atoms with Crippen LogP contribution in [-0.2, 0) is 15.3 Å². The fourth-order valence-corrected chi connectivity index (χ4v) is 3.24. The van der Waals surface area contributed by atoms with Crippen LogP contribution in [0.3, 0.4) is 0 Å². The average molecular weight is 355 g/mol. The Morgan fingerprint density at radius 3 is 2.80 bits per heavy atom. The SMILES string of the molecule is COC(=O)CNC(=O)c1ccccc1SCc1cn2ccccc2n1. The molecule has 7 heteroatoms. The van der Waals surface area contributed by atoms with Gasteiger partial charge in [0.05, 0.1) is 18.4 Å².